The number of hydrogen-bond donors (Lipinski definition) is 3. The number of aromatic nitrogens is 1. The van der Waals surface area contributed by atoms with Crippen LogP contribution >= 0.6 is 35.3 Å². The maximum absolute atomic E-state index is 13.6. The molecule has 4 aromatic carbocycles. The minimum Gasteiger partial charge on any atom is -0.497 e. The number of rotatable bonds is 10. The van der Waals surface area contributed by atoms with Gasteiger partial charge in [-0.25, -0.2) is 4.98 Å². The Hall–Kier alpha value is -4.51. The smallest absolute Gasteiger partial charge is 0.244 e. The molecule has 1 unspecified atom stereocenters. The summed E-state index contributed by atoms with van der Waals surface area (Å²) < 4.78 is 5.33. The first-order chi connectivity index (χ1) is 20.9. The van der Waals surface area contributed by atoms with Gasteiger partial charge in [-0.3, -0.25) is 9.59 Å². The topological polar surface area (TPSA) is 92.4 Å². The highest BCUT2D eigenvalue weighted by molar-refractivity contribution is 8.00. The van der Waals surface area contributed by atoms with Gasteiger partial charge in [-0.05, 0) is 79.3 Å². The zero-order valence-corrected chi connectivity index (χ0v) is 25.8. The molecule has 0 saturated carbocycles. The van der Waals surface area contributed by atoms with Crippen LogP contribution in [-0.4, -0.2) is 28.9 Å². The van der Waals surface area contributed by atoms with E-state index in [1.165, 1.54) is 30.0 Å². The zero-order chi connectivity index (χ0) is 30.2. The maximum atomic E-state index is 13.6. The molecule has 0 spiro atoms. The van der Waals surface area contributed by atoms with Gasteiger partial charge in [0.2, 0.25) is 5.91 Å². The Morgan fingerprint density at radius 3 is 2.35 bits per heavy atom. The molecule has 7 nitrogen and oxygen atoms in total. The van der Waals surface area contributed by atoms with Gasteiger partial charge in [0, 0.05) is 32.8 Å². The number of benzene rings is 4. The van der Waals surface area contributed by atoms with E-state index in [-0.39, 0.29) is 11.7 Å². The molecule has 10 heteroatoms. The summed E-state index contributed by atoms with van der Waals surface area (Å²) in [7, 11) is 1.63. The van der Waals surface area contributed by atoms with Gasteiger partial charge in [0.25, 0.3) is 0 Å². The zero-order valence-electron chi connectivity index (χ0n) is 23.4. The quantitative estimate of drug-likeness (QED) is 0.0812. The van der Waals surface area contributed by atoms with Gasteiger partial charge in [-0.15, -0.1) is 23.1 Å². The van der Waals surface area contributed by atoms with Crippen molar-refractivity contribution < 1.29 is 14.3 Å². The summed E-state index contributed by atoms with van der Waals surface area (Å²) in [6.07, 6.45) is 0. The van der Waals surface area contributed by atoms with Crippen LogP contribution in [0.1, 0.15) is 28.1 Å². The molecule has 1 amide bonds. The van der Waals surface area contributed by atoms with Gasteiger partial charge in [-0.2, -0.15) is 0 Å². The second-order valence-corrected chi connectivity index (χ2v) is 11.9. The molecule has 1 heterocycles. The Balaban J connectivity index is 1.28. The van der Waals surface area contributed by atoms with Crippen molar-refractivity contribution in [3.63, 3.8) is 0 Å². The number of carbonyl (C=O) groups is 2. The van der Waals surface area contributed by atoms with E-state index in [9.17, 15) is 9.59 Å². The van der Waals surface area contributed by atoms with Crippen LogP contribution in [0.15, 0.2) is 113 Å². The van der Waals surface area contributed by atoms with E-state index in [0.29, 0.717) is 15.8 Å². The number of ketones is 1. The third-order valence-electron chi connectivity index (χ3n) is 6.34. The third kappa shape index (κ3) is 8.07. The summed E-state index contributed by atoms with van der Waals surface area (Å²) in [6, 6.07) is 32.2. The Bertz CT molecular complexity index is 1740. The molecule has 1 atom stereocenters. The predicted octanol–water partition coefficient (Wildman–Crippen LogP) is 8.30. The molecule has 3 N–H and O–H groups in total. The van der Waals surface area contributed by atoms with Crippen molar-refractivity contribution in [2.75, 3.05) is 23.1 Å². The van der Waals surface area contributed by atoms with Gasteiger partial charge < -0.3 is 20.7 Å². The van der Waals surface area contributed by atoms with Crippen molar-refractivity contribution in [2.45, 2.75) is 17.1 Å². The number of anilines is 3. The summed E-state index contributed by atoms with van der Waals surface area (Å²) in [5, 5.41) is 11.7. The standard InChI is InChI=1S/C33H28N4O3S3/c1-21(38)22-14-16-25(17-15-22)34-32(41)35-26-11-7-13-28(19-26)43-30(23-8-4-3-5-9-23)31(39)37-33-36-29(20-42-33)24-10-6-12-27(18-24)40-2/h3-20,30H,1-2H3,(H2,34,35,41)(H,36,37,39). The second-order valence-electron chi connectivity index (χ2n) is 9.41. The lowest BCUT2D eigenvalue weighted by Crippen LogP contribution is -2.19. The fraction of sp³-hybridized carbons (Fsp3) is 0.0909. The summed E-state index contributed by atoms with van der Waals surface area (Å²) in [5.74, 6) is 0.578. The van der Waals surface area contributed by atoms with E-state index < -0.39 is 5.25 Å². The number of nitrogens with zero attached hydrogens (tertiary/aromatic N) is 1. The van der Waals surface area contributed by atoms with Crippen LogP contribution in [0.2, 0.25) is 0 Å². The van der Waals surface area contributed by atoms with Crippen LogP contribution in [0.3, 0.4) is 0 Å². The fourth-order valence-electron chi connectivity index (χ4n) is 4.18. The number of ether oxygens (including phenoxy) is 1. The molecular weight excluding hydrogens is 597 g/mol. The number of carbonyl (C=O) groups excluding carboxylic acids is 2. The summed E-state index contributed by atoms with van der Waals surface area (Å²) in [4.78, 5) is 30.7. The largest absolute Gasteiger partial charge is 0.497 e. The van der Waals surface area contributed by atoms with Crippen LogP contribution in [0.25, 0.3) is 11.3 Å². The highest BCUT2D eigenvalue weighted by atomic mass is 32.2. The van der Waals surface area contributed by atoms with Crippen LogP contribution in [0.5, 0.6) is 5.75 Å². The minimum atomic E-state index is -0.523. The lowest BCUT2D eigenvalue weighted by Gasteiger charge is -2.17. The van der Waals surface area contributed by atoms with Gasteiger partial charge >= 0.3 is 0 Å². The molecule has 1 aromatic heterocycles. The SMILES string of the molecule is COc1cccc(-c2csc(NC(=O)C(Sc3cccc(NC(=S)Nc4ccc(C(C)=O)cc4)c3)c3ccccc3)n2)c1. The van der Waals surface area contributed by atoms with E-state index in [4.69, 9.17) is 17.0 Å². The Morgan fingerprint density at radius 2 is 1.60 bits per heavy atom. The van der Waals surface area contributed by atoms with Crippen molar-refractivity contribution in [2.24, 2.45) is 0 Å². The van der Waals surface area contributed by atoms with Gasteiger partial charge in [0.1, 0.15) is 11.0 Å². The average Bonchev–Trinajstić information content (AvgIpc) is 3.49. The number of methoxy groups -OCH3 is 1. The van der Waals surface area contributed by atoms with E-state index in [0.717, 1.165) is 38.8 Å². The Morgan fingerprint density at radius 1 is 0.860 bits per heavy atom. The van der Waals surface area contributed by atoms with Crippen molar-refractivity contribution >= 4 is 68.6 Å². The van der Waals surface area contributed by atoms with E-state index in [1.807, 2.05) is 96.4 Å². The van der Waals surface area contributed by atoms with Gasteiger partial charge in [0.05, 0.1) is 12.8 Å². The maximum Gasteiger partial charge on any atom is 0.244 e. The molecule has 43 heavy (non-hydrogen) atoms. The average molecular weight is 625 g/mol. The number of thiazole rings is 1. The van der Waals surface area contributed by atoms with Gasteiger partial charge in [-0.1, -0.05) is 48.5 Å². The molecule has 0 fully saturated rings. The number of amides is 1. The first kappa shape index (κ1) is 30.0. The monoisotopic (exact) mass is 624 g/mol. The van der Waals surface area contributed by atoms with Crippen molar-refractivity contribution in [1.29, 1.82) is 0 Å². The van der Waals surface area contributed by atoms with Crippen molar-refractivity contribution in [1.82, 2.24) is 4.98 Å². The number of Topliss-reactive ketones (excluding diaryl/α,β-unsaturated/α-hetero) is 1. The van der Waals surface area contributed by atoms with Crippen molar-refractivity contribution in [3.05, 3.63) is 120 Å². The lowest BCUT2D eigenvalue weighted by atomic mass is 10.1. The van der Waals surface area contributed by atoms with E-state index in [1.54, 1.807) is 19.2 Å². The molecule has 0 aliphatic rings. The third-order valence-corrected chi connectivity index (χ3v) is 8.55. The molecule has 5 rings (SSSR count). The lowest BCUT2D eigenvalue weighted by molar-refractivity contribution is -0.115. The van der Waals surface area contributed by atoms with Crippen LogP contribution in [0.4, 0.5) is 16.5 Å². The van der Waals surface area contributed by atoms with Crippen LogP contribution < -0.4 is 20.7 Å². The number of nitrogens with one attached hydrogen (secondary N) is 3. The van der Waals surface area contributed by atoms with Crippen LogP contribution in [0, 0.1) is 0 Å². The molecule has 0 bridgehead atoms. The summed E-state index contributed by atoms with van der Waals surface area (Å²) in [5.41, 5.74) is 4.73. The Kier molecular flexibility index (Phi) is 9.83. The molecule has 0 saturated heterocycles. The second kappa shape index (κ2) is 14.1. The van der Waals surface area contributed by atoms with E-state index >= 15 is 0 Å². The molecular formula is C33H28N4O3S3. The molecule has 216 valence electrons. The first-order valence-corrected chi connectivity index (χ1v) is 15.5. The molecule has 0 aliphatic heterocycles. The number of thiocarbonyl (C=S) groups is 1. The number of thioether (sulfide) groups is 1. The van der Waals surface area contributed by atoms with Crippen LogP contribution in [-0.2, 0) is 4.79 Å². The van der Waals surface area contributed by atoms with Crippen molar-refractivity contribution in [3.8, 4) is 17.0 Å². The molecule has 5 aromatic rings. The summed E-state index contributed by atoms with van der Waals surface area (Å²) >= 11 is 8.32. The highest BCUT2D eigenvalue weighted by Gasteiger charge is 2.23. The van der Waals surface area contributed by atoms with Gasteiger partial charge in [0.15, 0.2) is 16.0 Å². The normalized spacial score (nSPS) is 11.3. The molecule has 0 aliphatic carbocycles. The highest BCUT2D eigenvalue weighted by Crippen LogP contribution is 2.38. The fourth-order valence-corrected chi connectivity index (χ4v) is 6.22. The first-order valence-electron chi connectivity index (χ1n) is 13.3. The van der Waals surface area contributed by atoms with E-state index in [2.05, 4.69) is 20.9 Å². The predicted molar refractivity (Wildman–Crippen MR) is 181 cm³/mol. The minimum absolute atomic E-state index is 0.00804. The molecule has 0 radical (unpaired) electrons. The number of hydrogen-bond acceptors (Lipinski definition) is 7. The summed E-state index contributed by atoms with van der Waals surface area (Å²) in [6.45, 7) is 1.53. The Labute approximate surface area is 263 Å².